The van der Waals surface area contributed by atoms with Crippen molar-refractivity contribution in [3.63, 3.8) is 0 Å². The largest absolute Gasteiger partial charge is 0.462 e. The average Bonchev–Trinajstić information content (AvgIpc) is 2.82. The molecule has 0 unspecified atom stereocenters. The molecule has 9 heteroatoms. The molecule has 0 atom stereocenters. The average molecular weight is 469 g/mol. The highest BCUT2D eigenvalue weighted by Gasteiger charge is 2.13. The molecule has 0 saturated heterocycles. The Bertz CT molecular complexity index is 1050. The lowest BCUT2D eigenvalue weighted by atomic mass is 10.1. The van der Waals surface area contributed by atoms with Crippen molar-refractivity contribution in [2.24, 2.45) is 0 Å². The molecule has 180 valence electrons. The predicted octanol–water partition coefficient (Wildman–Crippen LogP) is 3.75. The van der Waals surface area contributed by atoms with Crippen molar-refractivity contribution < 1.29 is 33.4 Å². The summed E-state index contributed by atoms with van der Waals surface area (Å²) in [6.07, 6.45) is 1.29. The first-order chi connectivity index (χ1) is 16.3. The van der Waals surface area contributed by atoms with Gasteiger partial charge in [-0.3, -0.25) is 19.2 Å². The number of Topliss-reactive ketones (excluding diaryl/α,β-unsaturated/α-hetero) is 1. The molecule has 2 N–H and O–H groups in total. The van der Waals surface area contributed by atoms with Crippen molar-refractivity contribution in [3.8, 4) is 0 Å². The second-order valence-corrected chi connectivity index (χ2v) is 7.46. The van der Waals surface area contributed by atoms with E-state index in [0.29, 0.717) is 29.1 Å². The number of ketones is 1. The number of esters is 2. The molecule has 2 rings (SSSR count). The van der Waals surface area contributed by atoms with Gasteiger partial charge in [0.15, 0.2) is 12.4 Å². The van der Waals surface area contributed by atoms with E-state index in [1.807, 2.05) is 6.92 Å². The minimum atomic E-state index is -0.712. The number of hydrogen-bond acceptors (Lipinski definition) is 7. The second kappa shape index (κ2) is 13.5. The van der Waals surface area contributed by atoms with E-state index in [9.17, 15) is 24.0 Å². The van der Waals surface area contributed by atoms with E-state index in [1.165, 1.54) is 19.1 Å². The Morgan fingerprint density at radius 2 is 1.41 bits per heavy atom. The summed E-state index contributed by atoms with van der Waals surface area (Å²) in [6, 6.07) is 12.7. The number of ether oxygens (including phenoxy) is 2. The van der Waals surface area contributed by atoms with Gasteiger partial charge in [-0.05, 0) is 43.7 Å². The van der Waals surface area contributed by atoms with E-state index in [-0.39, 0.29) is 18.6 Å². The van der Waals surface area contributed by atoms with Crippen molar-refractivity contribution >= 4 is 40.9 Å². The van der Waals surface area contributed by atoms with Gasteiger partial charge in [-0.25, -0.2) is 4.79 Å². The van der Waals surface area contributed by atoms with Gasteiger partial charge in [0.05, 0.1) is 18.6 Å². The van der Waals surface area contributed by atoms with Crippen LogP contribution in [0.4, 0.5) is 11.4 Å². The number of carbonyl (C=O) groups is 5. The fraction of sp³-hybridized carbons (Fsp3) is 0.320. The van der Waals surface area contributed by atoms with E-state index in [1.54, 1.807) is 36.4 Å². The number of amides is 2. The molecule has 0 aliphatic carbocycles. The van der Waals surface area contributed by atoms with Gasteiger partial charge in [-0.15, -0.1) is 0 Å². The number of anilines is 2. The van der Waals surface area contributed by atoms with Crippen molar-refractivity contribution in [3.05, 3.63) is 59.7 Å². The molecule has 0 spiro atoms. The zero-order valence-electron chi connectivity index (χ0n) is 19.2. The molecular formula is C25H28N2O7. The summed E-state index contributed by atoms with van der Waals surface area (Å²) in [6.45, 7) is 3.22. The van der Waals surface area contributed by atoms with Crippen LogP contribution in [0.5, 0.6) is 0 Å². The molecule has 0 heterocycles. The van der Waals surface area contributed by atoms with Crippen molar-refractivity contribution in [1.82, 2.24) is 0 Å². The molecular weight excluding hydrogens is 440 g/mol. The fourth-order valence-corrected chi connectivity index (χ4v) is 2.79. The van der Waals surface area contributed by atoms with Gasteiger partial charge >= 0.3 is 11.9 Å². The van der Waals surface area contributed by atoms with Gasteiger partial charge in [0, 0.05) is 23.4 Å². The van der Waals surface area contributed by atoms with Crippen LogP contribution in [-0.2, 0) is 23.9 Å². The molecule has 0 bridgehead atoms. The topological polar surface area (TPSA) is 128 Å². The molecule has 0 aliphatic heterocycles. The summed E-state index contributed by atoms with van der Waals surface area (Å²) >= 11 is 0. The second-order valence-electron chi connectivity index (χ2n) is 7.46. The van der Waals surface area contributed by atoms with E-state index >= 15 is 0 Å². The van der Waals surface area contributed by atoms with Crippen molar-refractivity contribution in [1.29, 1.82) is 0 Å². The molecule has 2 aromatic carbocycles. The number of benzene rings is 2. The zero-order chi connectivity index (χ0) is 24.9. The number of nitrogens with one attached hydrogen (secondary N) is 2. The first kappa shape index (κ1) is 26.2. The number of unbranched alkanes of at least 4 members (excludes halogenated alkanes) is 1. The van der Waals surface area contributed by atoms with Crippen LogP contribution in [0.15, 0.2) is 48.5 Å². The van der Waals surface area contributed by atoms with Gasteiger partial charge in [-0.2, -0.15) is 0 Å². The van der Waals surface area contributed by atoms with E-state index in [4.69, 9.17) is 9.47 Å². The van der Waals surface area contributed by atoms with Gasteiger partial charge in [0.2, 0.25) is 5.91 Å². The van der Waals surface area contributed by atoms with Crippen LogP contribution in [0.1, 0.15) is 60.2 Å². The maximum absolute atomic E-state index is 12.1. The first-order valence-electron chi connectivity index (χ1n) is 10.9. The van der Waals surface area contributed by atoms with Crippen LogP contribution >= 0.6 is 0 Å². The Balaban J connectivity index is 1.73. The van der Waals surface area contributed by atoms with Crippen molar-refractivity contribution in [2.75, 3.05) is 23.8 Å². The monoisotopic (exact) mass is 468 g/mol. The highest BCUT2D eigenvalue weighted by atomic mass is 16.5. The summed E-state index contributed by atoms with van der Waals surface area (Å²) in [7, 11) is 0. The molecule has 0 aliphatic rings. The molecule has 9 nitrogen and oxygen atoms in total. The summed E-state index contributed by atoms with van der Waals surface area (Å²) < 4.78 is 10.0. The first-order valence-corrected chi connectivity index (χ1v) is 10.9. The lowest BCUT2D eigenvalue weighted by molar-refractivity contribution is -0.147. The van der Waals surface area contributed by atoms with Crippen LogP contribution < -0.4 is 10.6 Å². The van der Waals surface area contributed by atoms with E-state index in [2.05, 4.69) is 10.6 Å². The summed E-state index contributed by atoms with van der Waals surface area (Å²) in [4.78, 5) is 59.4. The molecule has 2 amide bonds. The summed E-state index contributed by atoms with van der Waals surface area (Å²) in [5, 5.41) is 5.15. The SMILES string of the molecule is CCCCOC(=O)c1cccc(NC(=O)CCC(=O)OCC(=O)Nc2cccc(C(C)=O)c2)c1. The summed E-state index contributed by atoms with van der Waals surface area (Å²) in [5.74, 6) is -2.34. The highest BCUT2D eigenvalue weighted by molar-refractivity contribution is 5.98. The quantitative estimate of drug-likeness (QED) is 0.276. The van der Waals surface area contributed by atoms with Gasteiger partial charge in [0.1, 0.15) is 0 Å². The van der Waals surface area contributed by atoms with Gasteiger partial charge in [0.25, 0.3) is 5.91 Å². The van der Waals surface area contributed by atoms with E-state index < -0.39 is 30.4 Å². The molecule has 0 radical (unpaired) electrons. The molecule has 0 saturated carbocycles. The maximum atomic E-state index is 12.1. The highest BCUT2D eigenvalue weighted by Crippen LogP contribution is 2.13. The normalized spacial score (nSPS) is 10.2. The Morgan fingerprint density at radius 1 is 0.794 bits per heavy atom. The summed E-state index contributed by atoms with van der Waals surface area (Å²) in [5.41, 5.74) is 1.56. The number of hydrogen-bond donors (Lipinski definition) is 2. The Hall–Kier alpha value is -4.01. The fourth-order valence-electron chi connectivity index (χ4n) is 2.79. The number of carbonyl (C=O) groups excluding carboxylic acids is 5. The van der Waals surface area contributed by atoms with E-state index in [0.717, 1.165) is 12.8 Å². The Labute approximate surface area is 197 Å². The number of rotatable bonds is 12. The van der Waals surface area contributed by atoms with Crippen LogP contribution in [-0.4, -0.2) is 42.7 Å². The minimum absolute atomic E-state index is 0.139. The Morgan fingerprint density at radius 3 is 2.06 bits per heavy atom. The van der Waals surface area contributed by atoms with Crippen LogP contribution in [0.3, 0.4) is 0 Å². The molecule has 34 heavy (non-hydrogen) atoms. The van der Waals surface area contributed by atoms with Gasteiger partial charge in [-0.1, -0.05) is 31.5 Å². The third-order valence-corrected chi connectivity index (χ3v) is 4.59. The van der Waals surface area contributed by atoms with Crippen LogP contribution in [0.25, 0.3) is 0 Å². The van der Waals surface area contributed by atoms with Crippen LogP contribution in [0, 0.1) is 0 Å². The lowest BCUT2D eigenvalue weighted by Crippen LogP contribution is -2.22. The third-order valence-electron chi connectivity index (χ3n) is 4.59. The minimum Gasteiger partial charge on any atom is -0.462 e. The smallest absolute Gasteiger partial charge is 0.338 e. The van der Waals surface area contributed by atoms with Crippen molar-refractivity contribution in [2.45, 2.75) is 39.5 Å². The molecule has 0 fully saturated rings. The maximum Gasteiger partial charge on any atom is 0.338 e. The third kappa shape index (κ3) is 9.23. The molecule has 2 aromatic rings. The lowest BCUT2D eigenvalue weighted by Gasteiger charge is -2.09. The van der Waals surface area contributed by atoms with Crippen LogP contribution in [0.2, 0.25) is 0 Å². The standard InChI is InChI=1S/C25H28N2O7/c1-3-4-13-33-25(32)19-8-6-10-21(15-19)26-22(29)11-12-24(31)34-16-23(30)27-20-9-5-7-18(14-20)17(2)28/h5-10,14-15H,3-4,11-13,16H2,1-2H3,(H,26,29)(H,27,30). The zero-order valence-corrected chi connectivity index (χ0v) is 19.2. The predicted molar refractivity (Wildman–Crippen MR) is 126 cm³/mol. The molecule has 0 aromatic heterocycles. The Kier molecular flexibility index (Phi) is 10.4. The van der Waals surface area contributed by atoms with Gasteiger partial charge < -0.3 is 20.1 Å².